The molecule has 8 heteroatoms. The Bertz CT molecular complexity index is 1010. The minimum absolute atomic E-state index is 0.00902. The summed E-state index contributed by atoms with van der Waals surface area (Å²) in [5.74, 6) is -0.734. The van der Waals surface area contributed by atoms with Crippen LogP contribution >= 0.6 is 0 Å². The van der Waals surface area contributed by atoms with Gasteiger partial charge in [-0.2, -0.15) is 0 Å². The van der Waals surface area contributed by atoms with Crippen molar-refractivity contribution in [1.29, 1.82) is 0 Å². The molecule has 2 aliphatic rings. The first-order chi connectivity index (χ1) is 13.8. The molecule has 0 aromatic heterocycles. The predicted molar refractivity (Wildman–Crippen MR) is 106 cm³/mol. The van der Waals surface area contributed by atoms with Crippen LogP contribution in [0.1, 0.15) is 35.4 Å². The van der Waals surface area contributed by atoms with Crippen LogP contribution < -0.4 is 9.46 Å². The van der Waals surface area contributed by atoms with Gasteiger partial charge in [0.15, 0.2) is 0 Å². The third-order valence-corrected chi connectivity index (χ3v) is 6.90. The SMILES string of the molecule is O=C(O)CCc1cccc2c1OC1CC(O)C(NS(=O)(=O)Cc3ccccc3)C21. The number of carboxylic acids is 1. The molecule has 29 heavy (non-hydrogen) atoms. The lowest BCUT2D eigenvalue weighted by Gasteiger charge is -2.22. The van der Waals surface area contributed by atoms with Gasteiger partial charge in [-0.05, 0) is 17.5 Å². The largest absolute Gasteiger partial charge is 0.489 e. The Morgan fingerprint density at radius 2 is 1.90 bits per heavy atom. The van der Waals surface area contributed by atoms with E-state index in [0.29, 0.717) is 24.2 Å². The highest BCUT2D eigenvalue weighted by atomic mass is 32.2. The molecule has 7 nitrogen and oxygen atoms in total. The summed E-state index contributed by atoms with van der Waals surface area (Å²) in [7, 11) is -3.67. The number of hydrogen-bond donors (Lipinski definition) is 3. The Balaban J connectivity index is 1.57. The zero-order valence-electron chi connectivity index (χ0n) is 15.7. The van der Waals surface area contributed by atoms with E-state index in [1.54, 1.807) is 24.3 Å². The number of sulfonamides is 1. The lowest BCUT2D eigenvalue weighted by molar-refractivity contribution is -0.136. The van der Waals surface area contributed by atoms with Gasteiger partial charge in [-0.25, -0.2) is 13.1 Å². The number of ether oxygens (including phenoxy) is 1. The number of aliphatic hydroxyl groups is 1. The maximum atomic E-state index is 12.7. The maximum Gasteiger partial charge on any atom is 0.303 e. The fraction of sp³-hybridized carbons (Fsp3) is 0.381. The third kappa shape index (κ3) is 4.14. The first-order valence-electron chi connectivity index (χ1n) is 9.56. The summed E-state index contributed by atoms with van der Waals surface area (Å²) < 4.78 is 34.2. The van der Waals surface area contributed by atoms with Gasteiger partial charge in [-0.15, -0.1) is 0 Å². The van der Waals surface area contributed by atoms with Gasteiger partial charge < -0.3 is 14.9 Å². The van der Waals surface area contributed by atoms with Crippen molar-refractivity contribution in [2.45, 2.75) is 49.2 Å². The number of hydrogen-bond acceptors (Lipinski definition) is 5. The van der Waals surface area contributed by atoms with Crippen molar-refractivity contribution in [3.63, 3.8) is 0 Å². The molecule has 2 aromatic rings. The molecular weight excluding hydrogens is 394 g/mol. The highest BCUT2D eigenvalue weighted by molar-refractivity contribution is 7.88. The number of nitrogens with one attached hydrogen (secondary N) is 1. The summed E-state index contributed by atoms with van der Waals surface area (Å²) in [6, 6.07) is 13.7. The molecule has 3 N–H and O–H groups in total. The molecule has 0 amide bonds. The van der Waals surface area contributed by atoms with Crippen LogP contribution in [0.2, 0.25) is 0 Å². The second-order valence-electron chi connectivity index (χ2n) is 7.60. The molecular formula is C21H23NO6S. The number of rotatable bonds is 7. The summed E-state index contributed by atoms with van der Waals surface area (Å²) in [5, 5.41) is 19.5. The van der Waals surface area contributed by atoms with E-state index in [0.717, 1.165) is 11.1 Å². The standard InChI is InChI=1S/C21H23NO6S/c23-16-11-17-19(15-8-4-7-14(21(15)28-17)9-10-18(24)25)20(16)22-29(26,27)12-13-5-2-1-3-6-13/h1-8,16-17,19-20,22-23H,9-12H2,(H,24,25). The van der Waals surface area contributed by atoms with Crippen molar-refractivity contribution >= 4 is 16.0 Å². The van der Waals surface area contributed by atoms with E-state index in [1.807, 2.05) is 24.3 Å². The molecule has 154 valence electrons. The Morgan fingerprint density at radius 1 is 1.14 bits per heavy atom. The molecule has 0 bridgehead atoms. The molecule has 2 aromatic carbocycles. The number of carbonyl (C=O) groups is 1. The first kappa shape index (κ1) is 19.9. The van der Waals surface area contributed by atoms with E-state index in [-0.39, 0.29) is 24.2 Å². The van der Waals surface area contributed by atoms with E-state index in [2.05, 4.69) is 4.72 Å². The summed E-state index contributed by atoms with van der Waals surface area (Å²) in [5.41, 5.74) is 2.28. The normalized spacial score (nSPS) is 25.3. The molecule has 0 saturated heterocycles. The van der Waals surface area contributed by atoms with Gasteiger partial charge in [-0.3, -0.25) is 4.79 Å². The van der Waals surface area contributed by atoms with E-state index in [1.165, 1.54) is 0 Å². The Morgan fingerprint density at radius 3 is 2.62 bits per heavy atom. The van der Waals surface area contributed by atoms with Gasteiger partial charge in [0.1, 0.15) is 11.9 Å². The van der Waals surface area contributed by atoms with E-state index >= 15 is 0 Å². The average molecular weight is 417 g/mol. The summed E-state index contributed by atoms with van der Waals surface area (Å²) >= 11 is 0. The number of fused-ring (bicyclic) bond motifs is 3. The Labute approximate surface area is 169 Å². The minimum atomic E-state index is -3.67. The average Bonchev–Trinajstić information content (AvgIpc) is 3.16. The predicted octanol–water partition coefficient (Wildman–Crippen LogP) is 1.80. The lowest BCUT2D eigenvalue weighted by atomic mass is 9.92. The fourth-order valence-electron chi connectivity index (χ4n) is 4.31. The second-order valence-corrected chi connectivity index (χ2v) is 9.36. The van der Waals surface area contributed by atoms with Crippen molar-refractivity contribution in [3.8, 4) is 5.75 Å². The third-order valence-electron chi connectivity index (χ3n) is 5.55. The monoisotopic (exact) mass is 417 g/mol. The lowest BCUT2D eigenvalue weighted by Crippen LogP contribution is -2.43. The summed E-state index contributed by atoms with van der Waals surface area (Å²) in [6.07, 6.45) is -0.548. The van der Waals surface area contributed by atoms with Crippen LogP contribution in [-0.4, -0.2) is 42.8 Å². The number of aryl methyl sites for hydroxylation is 1. The van der Waals surface area contributed by atoms with Crippen LogP contribution in [-0.2, 0) is 27.0 Å². The number of aliphatic hydroxyl groups excluding tert-OH is 1. The number of para-hydroxylation sites is 1. The molecule has 0 radical (unpaired) electrons. The van der Waals surface area contributed by atoms with E-state index in [4.69, 9.17) is 9.84 Å². The van der Waals surface area contributed by atoms with Gasteiger partial charge in [0.05, 0.1) is 17.9 Å². The number of aliphatic carboxylic acids is 1. The van der Waals surface area contributed by atoms with Gasteiger partial charge >= 0.3 is 5.97 Å². The number of benzene rings is 2. The number of carboxylic acid groups (broad SMARTS) is 1. The van der Waals surface area contributed by atoms with Gasteiger partial charge in [0, 0.05) is 24.3 Å². The Hall–Kier alpha value is -2.42. The van der Waals surface area contributed by atoms with Crippen molar-refractivity contribution in [2.24, 2.45) is 0 Å². The van der Waals surface area contributed by atoms with Crippen molar-refractivity contribution in [2.75, 3.05) is 0 Å². The zero-order chi connectivity index (χ0) is 20.6. The van der Waals surface area contributed by atoms with Gasteiger partial charge in [-0.1, -0.05) is 48.5 Å². The topological polar surface area (TPSA) is 113 Å². The molecule has 0 spiro atoms. The van der Waals surface area contributed by atoms with Crippen molar-refractivity contribution in [1.82, 2.24) is 4.72 Å². The highest BCUT2D eigenvalue weighted by Crippen LogP contribution is 2.49. The van der Waals surface area contributed by atoms with Gasteiger partial charge in [0.2, 0.25) is 10.0 Å². The molecule has 1 fully saturated rings. The van der Waals surface area contributed by atoms with Gasteiger partial charge in [0.25, 0.3) is 0 Å². The summed E-state index contributed by atoms with van der Waals surface area (Å²) in [4.78, 5) is 10.9. The van der Waals surface area contributed by atoms with Crippen LogP contribution in [0.15, 0.2) is 48.5 Å². The maximum absolute atomic E-state index is 12.7. The summed E-state index contributed by atoms with van der Waals surface area (Å²) in [6.45, 7) is 0. The molecule has 1 aliphatic carbocycles. The quantitative estimate of drug-likeness (QED) is 0.633. The van der Waals surface area contributed by atoms with Crippen LogP contribution in [0.5, 0.6) is 5.75 Å². The smallest absolute Gasteiger partial charge is 0.303 e. The van der Waals surface area contributed by atoms with Crippen LogP contribution in [0.4, 0.5) is 0 Å². The highest BCUT2D eigenvalue weighted by Gasteiger charge is 2.51. The molecule has 1 saturated carbocycles. The minimum Gasteiger partial charge on any atom is -0.489 e. The van der Waals surface area contributed by atoms with E-state index in [9.17, 15) is 18.3 Å². The molecule has 4 unspecified atom stereocenters. The fourth-order valence-corrected chi connectivity index (χ4v) is 5.75. The van der Waals surface area contributed by atoms with Crippen LogP contribution in [0.3, 0.4) is 0 Å². The van der Waals surface area contributed by atoms with Crippen molar-refractivity contribution in [3.05, 3.63) is 65.2 Å². The van der Waals surface area contributed by atoms with Crippen LogP contribution in [0.25, 0.3) is 0 Å². The van der Waals surface area contributed by atoms with E-state index < -0.39 is 28.1 Å². The molecule has 4 atom stereocenters. The van der Waals surface area contributed by atoms with Crippen LogP contribution in [0, 0.1) is 0 Å². The molecule has 1 heterocycles. The molecule has 1 aliphatic heterocycles. The van der Waals surface area contributed by atoms with Crippen molar-refractivity contribution < 1.29 is 28.2 Å². The Kier molecular flexibility index (Phi) is 5.33. The molecule has 4 rings (SSSR count). The first-order valence-corrected chi connectivity index (χ1v) is 11.2. The second kappa shape index (κ2) is 7.78. The zero-order valence-corrected chi connectivity index (χ0v) is 16.5.